The molecule has 1 fully saturated rings. The molecular formula is C20H29N7O3. The maximum Gasteiger partial charge on any atom is 0.289 e. The third-order valence-electron chi connectivity index (χ3n) is 6.30. The molecular weight excluding hydrogens is 386 g/mol. The number of ether oxygens (including phenoxy) is 1. The van der Waals surface area contributed by atoms with Gasteiger partial charge in [0.25, 0.3) is 11.8 Å². The van der Waals surface area contributed by atoms with Gasteiger partial charge in [0.1, 0.15) is 12.3 Å². The molecule has 2 amide bonds. The van der Waals surface area contributed by atoms with Crippen molar-refractivity contribution < 1.29 is 14.3 Å². The standard InChI is InChI=1S/C20H29N7O3/c1-4-14(2)22-18(28)17-24-23-16-11-30-13-20(12-27(16)17)6-9-26(10-7-20)19(29)15-5-8-21-25(15)3/h5,8,14H,4,6-7,9-13H2,1-3H3,(H,22,28). The minimum atomic E-state index is -0.205. The van der Waals surface area contributed by atoms with Crippen LogP contribution in [0.25, 0.3) is 0 Å². The summed E-state index contributed by atoms with van der Waals surface area (Å²) in [5.74, 6) is 0.806. The van der Waals surface area contributed by atoms with Gasteiger partial charge < -0.3 is 19.5 Å². The predicted molar refractivity (Wildman–Crippen MR) is 108 cm³/mol. The summed E-state index contributed by atoms with van der Waals surface area (Å²) in [5, 5.41) is 15.4. The van der Waals surface area contributed by atoms with E-state index in [-0.39, 0.29) is 23.3 Å². The third-order valence-corrected chi connectivity index (χ3v) is 6.30. The molecule has 0 bridgehead atoms. The zero-order chi connectivity index (χ0) is 21.3. The first-order valence-corrected chi connectivity index (χ1v) is 10.5. The maximum atomic E-state index is 12.8. The second kappa shape index (κ2) is 8.17. The quantitative estimate of drug-likeness (QED) is 0.798. The third kappa shape index (κ3) is 3.83. The number of aryl methyl sites for hydroxylation is 1. The average Bonchev–Trinajstić information content (AvgIpc) is 3.30. The number of carbonyl (C=O) groups is 2. The first-order chi connectivity index (χ1) is 14.4. The molecule has 10 heteroatoms. The minimum Gasteiger partial charge on any atom is -0.373 e. The van der Waals surface area contributed by atoms with E-state index in [0.717, 1.165) is 19.3 Å². The van der Waals surface area contributed by atoms with Gasteiger partial charge in [0.2, 0.25) is 5.82 Å². The van der Waals surface area contributed by atoms with E-state index in [0.29, 0.717) is 50.2 Å². The lowest BCUT2D eigenvalue weighted by Crippen LogP contribution is -2.47. The van der Waals surface area contributed by atoms with Crippen LogP contribution in [0.3, 0.4) is 0 Å². The Morgan fingerprint density at radius 1 is 1.30 bits per heavy atom. The number of likely N-dealkylation sites (tertiary alicyclic amines) is 1. The van der Waals surface area contributed by atoms with E-state index in [4.69, 9.17) is 4.74 Å². The summed E-state index contributed by atoms with van der Waals surface area (Å²) in [6, 6.07) is 1.82. The molecule has 2 aromatic heterocycles. The first-order valence-electron chi connectivity index (χ1n) is 10.5. The molecule has 1 N–H and O–H groups in total. The molecule has 162 valence electrons. The van der Waals surface area contributed by atoms with Gasteiger partial charge in [-0.25, -0.2) is 0 Å². The zero-order valence-corrected chi connectivity index (χ0v) is 17.8. The van der Waals surface area contributed by atoms with Crippen molar-refractivity contribution in [1.82, 2.24) is 34.8 Å². The Morgan fingerprint density at radius 2 is 2.07 bits per heavy atom. The molecule has 10 nitrogen and oxygen atoms in total. The van der Waals surface area contributed by atoms with Crippen LogP contribution in [0, 0.1) is 5.41 Å². The van der Waals surface area contributed by atoms with Gasteiger partial charge in [-0.2, -0.15) is 5.10 Å². The van der Waals surface area contributed by atoms with Gasteiger partial charge in [-0.3, -0.25) is 14.3 Å². The van der Waals surface area contributed by atoms with Crippen molar-refractivity contribution in [2.24, 2.45) is 12.5 Å². The molecule has 0 aliphatic carbocycles. The summed E-state index contributed by atoms with van der Waals surface area (Å²) in [6.45, 7) is 6.81. The number of carbonyl (C=O) groups excluding carboxylic acids is 2. The van der Waals surface area contributed by atoms with E-state index >= 15 is 0 Å². The van der Waals surface area contributed by atoms with Crippen LogP contribution in [0.4, 0.5) is 0 Å². The molecule has 1 unspecified atom stereocenters. The zero-order valence-electron chi connectivity index (χ0n) is 17.8. The molecule has 2 aromatic rings. The van der Waals surface area contributed by atoms with Crippen molar-refractivity contribution in [3.8, 4) is 0 Å². The molecule has 30 heavy (non-hydrogen) atoms. The number of nitrogens with zero attached hydrogens (tertiary/aromatic N) is 6. The Balaban J connectivity index is 1.48. The molecule has 1 saturated heterocycles. The van der Waals surface area contributed by atoms with E-state index < -0.39 is 0 Å². The summed E-state index contributed by atoms with van der Waals surface area (Å²) in [4.78, 5) is 27.4. The fourth-order valence-corrected chi connectivity index (χ4v) is 4.14. The first kappa shape index (κ1) is 20.5. The highest BCUT2D eigenvalue weighted by Crippen LogP contribution is 2.36. The number of hydrogen-bond acceptors (Lipinski definition) is 6. The number of rotatable bonds is 4. The van der Waals surface area contributed by atoms with Gasteiger partial charge in [-0.1, -0.05) is 6.92 Å². The summed E-state index contributed by atoms with van der Waals surface area (Å²) in [7, 11) is 1.78. The Labute approximate surface area is 175 Å². The van der Waals surface area contributed by atoms with Crippen LogP contribution in [0.1, 0.15) is 60.0 Å². The SMILES string of the molecule is CCC(C)NC(=O)c1nnc2n1CC1(CCN(C(=O)c3ccnn3C)CC1)COC2. The van der Waals surface area contributed by atoms with Crippen LogP contribution in [0.5, 0.6) is 0 Å². The molecule has 0 saturated carbocycles. The van der Waals surface area contributed by atoms with E-state index in [1.165, 1.54) is 0 Å². The van der Waals surface area contributed by atoms with Crippen LogP contribution in [0.2, 0.25) is 0 Å². The van der Waals surface area contributed by atoms with Gasteiger partial charge in [-0.15, -0.1) is 10.2 Å². The Hall–Kier alpha value is -2.75. The van der Waals surface area contributed by atoms with Crippen LogP contribution < -0.4 is 5.32 Å². The topological polar surface area (TPSA) is 107 Å². The van der Waals surface area contributed by atoms with E-state index in [9.17, 15) is 9.59 Å². The second-order valence-electron chi connectivity index (χ2n) is 8.43. The summed E-state index contributed by atoms with van der Waals surface area (Å²) < 4.78 is 9.43. The monoisotopic (exact) mass is 415 g/mol. The maximum absolute atomic E-state index is 12.8. The van der Waals surface area contributed by atoms with E-state index in [1.807, 2.05) is 23.3 Å². The van der Waals surface area contributed by atoms with Gasteiger partial charge in [0.15, 0.2) is 5.82 Å². The Morgan fingerprint density at radius 3 is 2.73 bits per heavy atom. The van der Waals surface area contributed by atoms with Crippen LogP contribution in [0.15, 0.2) is 12.3 Å². The number of hydrogen-bond donors (Lipinski definition) is 1. The predicted octanol–water partition coefficient (Wildman–Crippen LogP) is 0.993. The van der Waals surface area contributed by atoms with Crippen molar-refractivity contribution in [3.05, 3.63) is 29.6 Å². The molecule has 4 heterocycles. The summed E-state index contributed by atoms with van der Waals surface area (Å²) in [5.41, 5.74) is 0.440. The van der Waals surface area contributed by atoms with Crippen molar-refractivity contribution in [3.63, 3.8) is 0 Å². The van der Waals surface area contributed by atoms with Gasteiger partial charge in [0.05, 0.1) is 6.61 Å². The molecule has 1 atom stereocenters. The van der Waals surface area contributed by atoms with Crippen molar-refractivity contribution in [2.45, 2.75) is 52.3 Å². The van der Waals surface area contributed by atoms with Crippen molar-refractivity contribution in [1.29, 1.82) is 0 Å². The molecule has 2 aliphatic heterocycles. The lowest BCUT2D eigenvalue weighted by atomic mass is 9.78. The lowest BCUT2D eigenvalue weighted by Gasteiger charge is -2.41. The highest BCUT2D eigenvalue weighted by atomic mass is 16.5. The van der Waals surface area contributed by atoms with E-state index in [2.05, 4.69) is 20.6 Å². The van der Waals surface area contributed by atoms with Crippen LogP contribution in [-0.4, -0.2) is 67.0 Å². The number of aromatic nitrogens is 5. The summed E-state index contributed by atoms with van der Waals surface area (Å²) >= 11 is 0. The highest BCUT2D eigenvalue weighted by Gasteiger charge is 2.40. The smallest absolute Gasteiger partial charge is 0.289 e. The van der Waals surface area contributed by atoms with Crippen LogP contribution >= 0.6 is 0 Å². The Bertz CT molecular complexity index is 927. The van der Waals surface area contributed by atoms with E-state index in [1.54, 1.807) is 24.0 Å². The minimum absolute atomic E-state index is 0.00185. The van der Waals surface area contributed by atoms with Crippen molar-refractivity contribution in [2.75, 3.05) is 19.7 Å². The van der Waals surface area contributed by atoms with Gasteiger partial charge >= 0.3 is 0 Å². The molecule has 0 radical (unpaired) electrons. The fraction of sp³-hybridized carbons (Fsp3) is 0.650. The molecule has 2 aliphatic rings. The average molecular weight is 415 g/mol. The number of amides is 2. The highest BCUT2D eigenvalue weighted by molar-refractivity contribution is 5.92. The number of piperidine rings is 1. The molecule has 4 rings (SSSR count). The van der Waals surface area contributed by atoms with Crippen LogP contribution in [-0.2, 0) is 24.9 Å². The van der Waals surface area contributed by atoms with Crippen molar-refractivity contribution >= 4 is 11.8 Å². The number of nitrogens with one attached hydrogen (secondary N) is 1. The second-order valence-corrected chi connectivity index (χ2v) is 8.43. The fourth-order valence-electron chi connectivity index (χ4n) is 4.14. The Kier molecular flexibility index (Phi) is 5.59. The molecule has 0 aromatic carbocycles. The largest absolute Gasteiger partial charge is 0.373 e. The summed E-state index contributed by atoms with van der Waals surface area (Å²) in [6.07, 6.45) is 4.07. The van der Waals surface area contributed by atoms with Gasteiger partial charge in [-0.05, 0) is 32.3 Å². The lowest BCUT2D eigenvalue weighted by molar-refractivity contribution is -0.00226. The number of fused-ring (bicyclic) bond motifs is 1. The molecule has 1 spiro atoms. The normalized spacial score (nSPS) is 19.2. The van der Waals surface area contributed by atoms with Gasteiger partial charge in [0, 0.05) is 44.3 Å².